The number of carbonyl (C=O) groups is 1. The Balaban J connectivity index is 1.19. The lowest BCUT2D eigenvalue weighted by Crippen LogP contribution is -2.38. The van der Waals surface area contributed by atoms with E-state index >= 15 is 0 Å². The van der Waals surface area contributed by atoms with Gasteiger partial charge in [-0.3, -0.25) is 15.3 Å². The maximum absolute atomic E-state index is 14.9. The van der Waals surface area contributed by atoms with Crippen LogP contribution in [0.3, 0.4) is 0 Å². The second-order valence-corrected chi connectivity index (χ2v) is 10.7. The minimum Gasteiger partial charge on any atom is -0.492 e. The molecule has 216 valence electrons. The van der Waals surface area contributed by atoms with Crippen molar-refractivity contribution in [3.05, 3.63) is 65.9 Å². The number of amides is 2. The second-order valence-electron chi connectivity index (χ2n) is 10.7. The number of H-pyrrole nitrogens is 1. The Morgan fingerprint density at radius 3 is 2.56 bits per heavy atom. The Bertz CT molecular complexity index is 1510. The average molecular weight is 567 g/mol. The highest BCUT2D eigenvalue weighted by atomic mass is 19.1. The molecular formula is C29H32F2N6O4. The topological polar surface area (TPSA) is 118 Å². The molecule has 0 atom stereocenters. The molecule has 0 radical (unpaired) electrons. The van der Waals surface area contributed by atoms with Gasteiger partial charge in [-0.1, -0.05) is 32.0 Å². The minimum absolute atomic E-state index is 0.0307. The lowest BCUT2D eigenvalue weighted by molar-refractivity contribution is 0.0322. The number of nitrogens with zero attached hydrogens (tertiary/aromatic N) is 3. The summed E-state index contributed by atoms with van der Waals surface area (Å²) < 4.78 is 46.1. The third-order valence-corrected chi connectivity index (χ3v) is 6.59. The largest absolute Gasteiger partial charge is 0.492 e. The van der Waals surface area contributed by atoms with E-state index in [1.54, 1.807) is 30.3 Å². The van der Waals surface area contributed by atoms with Gasteiger partial charge in [-0.15, -0.1) is 0 Å². The van der Waals surface area contributed by atoms with Crippen LogP contribution in [0.2, 0.25) is 0 Å². The SMILES string of the molecule is CC(C)(C)c1cc(NC(=O)Nc2ccc(-c3cc(-c4ccc(OCCN5CCOCC5)cc4F)[nH]n3)cc2F)no1. The van der Waals surface area contributed by atoms with Gasteiger partial charge < -0.3 is 19.3 Å². The maximum atomic E-state index is 14.9. The average Bonchev–Trinajstić information content (AvgIpc) is 3.61. The molecule has 41 heavy (non-hydrogen) atoms. The molecule has 2 amide bonds. The first kappa shape index (κ1) is 28.2. The van der Waals surface area contributed by atoms with E-state index in [4.69, 9.17) is 14.0 Å². The number of aromatic nitrogens is 3. The molecule has 1 aliphatic rings. The van der Waals surface area contributed by atoms with Crippen molar-refractivity contribution >= 4 is 17.5 Å². The fourth-order valence-electron chi connectivity index (χ4n) is 4.26. The first-order valence-electron chi connectivity index (χ1n) is 13.3. The zero-order valence-electron chi connectivity index (χ0n) is 23.1. The second kappa shape index (κ2) is 12.1. The van der Waals surface area contributed by atoms with Gasteiger partial charge in [0.2, 0.25) is 0 Å². The monoisotopic (exact) mass is 566 g/mol. The van der Waals surface area contributed by atoms with Crippen LogP contribution >= 0.6 is 0 Å². The van der Waals surface area contributed by atoms with Crippen molar-refractivity contribution < 1.29 is 27.6 Å². The van der Waals surface area contributed by atoms with Gasteiger partial charge in [0.25, 0.3) is 0 Å². The van der Waals surface area contributed by atoms with E-state index in [0.717, 1.165) is 19.6 Å². The van der Waals surface area contributed by atoms with Crippen molar-refractivity contribution in [1.82, 2.24) is 20.3 Å². The summed E-state index contributed by atoms with van der Waals surface area (Å²) in [7, 11) is 0. The van der Waals surface area contributed by atoms with Gasteiger partial charge >= 0.3 is 6.03 Å². The number of hydrogen-bond donors (Lipinski definition) is 3. The summed E-state index contributed by atoms with van der Waals surface area (Å²) in [5, 5.41) is 15.8. The molecule has 0 saturated carbocycles. The molecule has 0 bridgehead atoms. The molecule has 4 aromatic rings. The Kier molecular flexibility index (Phi) is 8.31. The van der Waals surface area contributed by atoms with Crippen LogP contribution in [0.1, 0.15) is 26.5 Å². The van der Waals surface area contributed by atoms with Crippen molar-refractivity contribution in [2.24, 2.45) is 0 Å². The quantitative estimate of drug-likeness (QED) is 0.252. The fraction of sp³-hybridized carbons (Fsp3) is 0.345. The zero-order chi connectivity index (χ0) is 29.0. The molecule has 10 nitrogen and oxygen atoms in total. The molecule has 3 N–H and O–H groups in total. The summed E-state index contributed by atoms with van der Waals surface area (Å²) in [6.45, 7) is 10.2. The lowest BCUT2D eigenvalue weighted by Gasteiger charge is -2.26. The molecule has 12 heteroatoms. The highest BCUT2D eigenvalue weighted by Gasteiger charge is 2.21. The van der Waals surface area contributed by atoms with E-state index in [1.807, 2.05) is 20.8 Å². The van der Waals surface area contributed by atoms with Crippen molar-refractivity contribution in [1.29, 1.82) is 0 Å². The summed E-state index contributed by atoms with van der Waals surface area (Å²) in [6.07, 6.45) is 0. The summed E-state index contributed by atoms with van der Waals surface area (Å²) in [4.78, 5) is 14.6. The predicted octanol–water partition coefficient (Wildman–Crippen LogP) is 5.66. The van der Waals surface area contributed by atoms with Gasteiger partial charge in [0.1, 0.15) is 29.8 Å². The molecule has 5 rings (SSSR count). The molecule has 3 heterocycles. The van der Waals surface area contributed by atoms with E-state index in [2.05, 4.69) is 30.9 Å². The van der Waals surface area contributed by atoms with Gasteiger partial charge in [-0.2, -0.15) is 5.10 Å². The molecule has 2 aromatic carbocycles. The standard InChI is InChI=1S/C29H32F2N6O4/c1-29(2,3)26-17-27(36-41-26)33-28(38)32-23-7-4-18(14-22(23)31)24-16-25(35-34-24)20-6-5-19(15-21(20)30)40-13-10-37-8-11-39-12-9-37/h4-7,14-17H,8-13H2,1-3H3,(H,34,35)(H2,32,33,36,38). The van der Waals surface area contributed by atoms with E-state index < -0.39 is 17.7 Å². The number of rotatable bonds is 8. The van der Waals surface area contributed by atoms with Gasteiger partial charge in [0, 0.05) is 48.3 Å². The molecule has 1 saturated heterocycles. The van der Waals surface area contributed by atoms with Gasteiger partial charge in [0.05, 0.1) is 30.3 Å². The van der Waals surface area contributed by atoms with E-state index in [-0.39, 0.29) is 16.9 Å². The number of ether oxygens (including phenoxy) is 2. The fourth-order valence-corrected chi connectivity index (χ4v) is 4.26. The van der Waals surface area contributed by atoms with Crippen molar-refractivity contribution in [3.8, 4) is 28.3 Å². The Morgan fingerprint density at radius 1 is 1.05 bits per heavy atom. The number of aromatic amines is 1. The minimum atomic E-state index is -0.670. The third-order valence-electron chi connectivity index (χ3n) is 6.59. The Hall–Kier alpha value is -4.29. The number of carbonyl (C=O) groups excluding carboxylic acids is 1. The number of halogens is 2. The summed E-state index contributed by atoms with van der Waals surface area (Å²) in [5.41, 5.74) is 1.30. The highest BCUT2D eigenvalue weighted by molar-refractivity contribution is 5.99. The predicted molar refractivity (Wildman–Crippen MR) is 150 cm³/mol. The number of urea groups is 1. The van der Waals surface area contributed by atoms with Crippen LogP contribution in [0.4, 0.5) is 25.1 Å². The number of benzene rings is 2. The molecule has 2 aromatic heterocycles. The first-order chi connectivity index (χ1) is 19.7. The maximum Gasteiger partial charge on any atom is 0.325 e. The lowest BCUT2D eigenvalue weighted by atomic mass is 9.93. The summed E-state index contributed by atoms with van der Waals surface area (Å²) >= 11 is 0. The van der Waals surface area contributed by atoms with Crippen LogP contribution < -0.4 is 15.4 Å². The number of nitrogens with one attached hydrogen (secondary N) is 3. The van der Waals surface area contributed by atoms with E-state index in [1.165, 1.54) is 18.2 Å². The van der Waals surface area contributed by atoms with Gasteiger partial charge in [0.15, 0.2) is 5.82 Å². The number of morpholine rings is 1. The molecule has 0 spiro atoms. The molecular weight excluding hydrogens is 534 g/mol. The molecule has 0 aliphatic carbocycles. The van der Waals surface area contributed by atoms with Crippen LogP contribution in [-0.2, 0) is 10.2 Å². The Morgan fingerprint density at radius 2 is 1.85 bits per heavy atom. The third kappa shape index (κ3) is 7.08. The Labute approximate surface area is 236 Å². The molecule has 0 unspecified atom stereocenters. The molecule has 1 aliphatic heterocycles. The normalized spacial score (nSPS) is 14.2. The van der Waals surface area contributed by atoms with Crippen LogP contribution in [0.25, 0.3) is 22.5 Å². The number of hydrogen-bond acceptors (Lipinski definition) is 7. The van der Waals surface area contributed by atoms with Crippen molar-refractivity contribution in [2.45, 2.75) is 26.2 Å². The van der Waals surface area contributed by atoms with Crippen LogP contribution in [-0.4, -0.2) is 65.7 Å². The zero-order valence-corrected chi connectivity index (χ0v) is 23.1. The highest BCUT2D eigenvalue weighted by Crippen LogP contribution is 2.30. The van der Waals surface area contributed by atoms with Crippen molar-refractivity contribution in [2.75, 3.05) is 50.1 Å². The summed E-state index contributed by atoms with van der Waals surface area (Å²) in [6, 6.07) is 11.5. The van der Waals surface area contributed by atoms with Gasteiger partial charge in [-0.05, 0) is 30.3 Å². The van der Waals surface area contributed by atoms with Gasteiger partial charge in [-0.25, -0.2) is 13.6 Å². The molecule has 1 fully saturated rings. The summed E-state index contributed by atoms with van der Waals surface area (Å²) in [5.74, 6) is 0.121. The van der Waals surface area contributed by atoms with Crippen LogP contribution in [0.15, 0.2) is 53.1 Å². The van der Waals surface area contributed by atoms with Crippen LogP contribution in [0.5, 0.6) is 5.75 Å². The first-order valence-corrected chi connectivity index (χ1v) is 13.3. The smallest absolute Gasteiger partial charge is 0.325 e. The van der Waals surface area contributed by atoms with Crippen LogP contribution in [0, 0.1) is 11.6 Å². The van der Waals surface area contributed by atoms with E-state index in [0.29, 0.717) is 53.8 Å². The number of anilines is 2. The van der Waals surface area contributed by atoms with E-state index in [9.17, 15) is 13.6 Å². The van der Waals surface area contributed by atoms with Crippen molar-refractivity contribution in [3.63, 3.8) is 0 Å².